The van der Waals surface area contributed by atoms with Crippen LogP contribution in [0, 0.1) is 0 Å². The van der Waals surface area contributed by atoms with Gasteiger partial charge in [0.15, 0.2) is 5.78 Å². The van der Waals surface area contributed by atoms with Crippen LogP contribution in [0.15, 0.2) is 66.7 Å². The van der Waals surface area contributed by atoms with Crippen LogP contribution >= 0.6 is 11.3 Å². The van der Waals surface area contributed by atoms with E-state index in [1.165, 1.54) is 11.1 Å². The van der Waals surface area contributed by atoms with Gasteiger partial charge in [-0.25, -0.2) is 0 Å². The lowest BCUT2D eigenvalue weighted by atomic mass is 10.0. The van der Waals surface area contributed by atoms with Crippen LogP contribution in [0.4, 0.5) is 0 Å². The molecule has 116 valence electrons. The summed E-state index contributed by atoms with van der Waals surface area (Å²) in [5.74, 6) is 0.696. The molecule has 1 aromatic heterocycles. The first-order chi connectivity index (χ1) is 11.1. The summed E-state index contributed by atoms with van der Waals surface area (Å²) in [7, 11) is 0. The highest BCUT2D eigenvalue weighted by Gasteiger charge is 2.11. The molecule has 3 rings (SSSR count). The van der Waals surface area contributed by atoms with Crippen molar-refractivity contribution in [2.45, 2.75) is 26.2 Å². The maximum absolute atomic E-state index is 12.4. The Morgan fingerprint density at radius 2 is 1.74 bits per heavy atom. The quantitative estimate of drug-likeness (QED) is 0.530. The van der Waals surface area contributed by atoms with Crippen molar-refractivity contribution in [3.05, 3.63) is 82.7 Å². The fourth-order valence-corrected chi connectivity index (χ4v) is 3.50. The molecule has 0 unspecified atom stereocenters. The van der Waals surface area contributed by atoms with Crippen molar-refractivity contribution in [3.63, 3.8) is 0 Å². The fourth-order valence-electron chi connectivity index (χ4n) is 2.56. The van der Waals surface area contributed by atoms with Crippen molar-refractivity contribution >= 4 is 17.1 Å². The van der Waals surface area contributed by atoms with Crippen LogP contribution in [0.25, 0.3) is 10.4 Å². The van der Waals surface area contributed by atoms with Crippen LogP contribution in [-0.2, 0) is 6.42 Å². The summed E-state index contributed by atoms with van der Waals surface area (Å²) in [4.78, 5) is 14.4. The van der Waals surface area contributed by atoms with Crippen LogP contribution in [0.5, 0.6) is 0 Å². The number of benzene rings is 2. The molecule has 1 heterocycles. The lowest BCUT2D eigenvalue weighted by Gasteiger charge is -2.06. The van der Waals surface area contributed by atoms with E-state index in [1.807, 2.05) is 36.4 Å². The standard InChI is InChI=1S/C21H20OS/c1-15(2)17-9-6-10-18(14-17)20-11-12-21(23-20)19(22)13-16-7-4-3-5-8-16/h3-12,14-15H,13H2,1-2H3. The zero-order valence-corrected chi connectivity index (χ0v) is 14.3. The van der Waals surface area contributed by atoms with Crippen molar-refractivity contribution in [2.75, 3.05) is 0 Å². The molecule has 23 heavy (non-hydrogen) atoms. The van der Waals surface area contributed by atoms with Crippen molar-refractivity contribution in [1.29, 1.82) is 0 Å². The van der Waals surface area contributed by atoms with E-state index in [2.05, 4.69) is 44.2 Å². The van der Waals surface area contributed by atoms with Gasteiger partial charge in [-0.05, 0) is 34.7 Å². The maximum Gasteiger partial charge on any atom is 0.177 e. The van der Waals surface area contributed by atoms with Gasteiger partial charge in [0.2, 0.25) is 0 Å². The molecule has 0 atom stereocenters. The van der Waals surface area contributed by atoms with Gasteiger partial charge in [0.05, 0.1) is 4.88 Å². The predicted molar refractivity (Wildman–Crippen MR) is 98.3 cm³/mol. The fraction of sp³-hybridized carbons (Fsp3) is 0.190. The van der Waals surface area contributed by atoms with E-state index in [4.69, 9.17) is 0 Å². The molecule has 2 heteroatoms. The van der Waals surface area contributed by atoms with E-state index in [0.29, 0.717) is 12.3 Å². The molecule has 0 N–H and O–H groups in total. The second-order valence-electron chi connectivity index (χ2n) is 6.03. The van der Waals surface area contributed by atoms with Gasteiger partial charge in [0, 0.05) is 11.3 Å². The van der Waals surface area contributed by atoms with Gasteiger partial charge in [-0.3, -0.25) is 4.79 Å². The van der Waals surface area contributed by atoms with Crippen molar-refractivity contribution in [2.24, 2.45) is 0 Å². The maximum atomic E-state index is 12.4. The van der Waals surface area contributed by atoms with Gasteiger partial charge in [0.25, 0.3) is 0 Å². The normalized spacial score (nSPS) is 10.9. The number of hydrogen-bond donors (Lipinski definition) is 0. The minimum absolute atomic E-state index is 0.187. The van der Waals surface area contributed by atoms with E-state index < -0.39 is 0 Å². The largest absolute Gasteiger partial charge is 0.293 e. The van der Waals surface area contributed by atoms with Gasteiger partial charge < -0.3 is 0 Å². The second kappa shape index (κ2) is 6.93. The SMILES string of the molecule is CC(C)c1cccc(-c2ccc(C(=O)Cc3ccccc3)s2)c1. The summed E-state index contributed by atoms with van der Waals surface area (Å²) in [5, 5.41) is 0. The Morgan fingerprint density at radius 3 is 2.48 bits per heavy atom. The first kappa shape index (κ1) is 15.7. The average molecular weight is 320 g/mol. The minimum Gasteiger partial charge on any atom is -0.293 e. The summed E-state index contributed by atoms with van der Waals surface area (Å²) in [6, 6.07) is 22.5. The third-order valence-corrected chi connectivity index (χ3v) is 5.10. The molecule has 0 amide bonds. The summed E-state index contributed by atoms with van der Waals surface area (Å²) in [6.07, 6.45) is 0.465. The second-order valence-corrected chi connectivity index (χ2v) is 7.11. The predicted octanol–water partition coefficient (Wildman–Crippen LogP) is 5.96. The number of carbonyl (C=O) groups is 1. The van der Waals surface area contributed by atoms with E-state index >= 15 is 0 Å². The molecule has 0 fully saturated rings. The van der Waals surface area contributed by atoms with E-state index in [0.717, 1.165) is 15.3 Å². The molecule has 0 spiro atoms. The van der Waals surface area contributed by atoms with Crippen molar-refractivity contribution in [1.82, 2.24) is 0 Å². The first-order valence-corrected chi connectivity index (χ1v) is 8.72. The van der Waals surface area contributed by atoms with Crippen LogP contribution in [-0.4, -0.2) is 5.78 Å². The van der Waals surface area contributed by atoms with Gasteiger partial charge in [-0.15, -0.1) is 11.3 Å². The number of ketones is 1. The molecule has 1 nitrogen and oxygen atoms in total. The molecule has 0 saturated heterocycles. The van der Waals surface area contributed by atoms with Gasteiger partial charge >= 0.3 is 0 Å². The molecule has 0 bridgehead atoms. The summed E-state index contributed by atoms with van der Waals surface area (Å²) in [6.45, 7) is 4.39. The van der Waals surface area contributed by atoms with Crippen molar-refractivity contribution < 1.29 is 4.79 Å². The Kier molecular flexibility index (Phi) is 4.73. The highest BCUT2D eigenvalue weighted by Crippen LogP contribution is 2.30. The smallest absolute Gasteiger partial charge is 0.177 e. The highest BCUT2D eigenvalue weighted by molar-refractivity contribution is 7.17. The van der Waals surface area contributed by atoms with Crippen molar-refractivity contribution in [3.8, 4) is 10.4 Å². The van der Waals surface area contributed by atoms with Crippen LogP contribution < -0.4 is 0 Å². The van der Waals surface area contributed by atoms with E-state index in [-0.39, 0.29) is 5.78 Å². The number of hydrogen-bond acceptors (Lipinski definition) is 2. The van der Waals surface area contributed by atoms with Crippen LogP contribution in [0.1, 0.15) is 40.6 Å². The zero-order chi connectivity index (χ0) is 16.2. The number of Topliss-reactive ketones (excluding diaryl/α,β-unsaturated/α-hetero) is 1. The topological polar surface area (TPSA) is 17.1 Å². The Labute approximate surface area is 141 Å². The van der Waals surface area contributed by atoms with Crippen LogP contribution in [0.3, 0.4) is 0 Å². The Hall–Kier alpha value is -2.19. The molecular formula is C21H20OS. The molecule has 0 saturated carbocycles. The Morgan fingerprint density at radius 1 is 0.957 bits per heavy atom. The number of thiophene rings is 1. The molecule has 0 aliphatic carbocycles. The third-order valence-electron chi connectivity index (χ3n) is 3.93. The molecule has 0 radical (unpaired) electrons. The highest BCUT2D eigenvalue weighted by atomic mass is 32.1. The van der Waals surface area contributed by atoms with Gasteiger partial charge in [-0.1, -0.05) is 68.4 Å². The minimum atomic E-state index is 0.187. The molecule has 2 aromatic carbocycles. The molecule has 0 aliphatic heterocycles. The number of carbonyl (C=O) groups excluding carboxylic acids is 1. The van der Waals surface area contributed by atoms with E-state index in [9.17, 15) is 4.79 Å². The lowest BCUT2D eigenvalue weighted by molar-refractivity contribution is 0.0997. The molecule has 0 aliphatic rings. The molecule has 3 aromatic rings. The molecular weight excluding hydrogens is 300 g/mol. The summed E-state index contributed by atoms with van der Waals surface area (Å²) in [5.41, 5.74) is 3.59. The zero-order valence-electron chi connectivity index (χ0n) is 13.5. The Balaban J connectivity index is 1.80. The summed E-state index contributed by atoms with van der Waals surface area (Å²) >= 11 is 1.58. The first-order valence-electron chi connectivity index (χ1n) is 7.91. The van der Waals surface area contributed by atoms with E-state index in [1.54, 1.807) is 11.3 Å². The van der Waals surface area contributed by atoms with Gasteiger partial charge in [-0.2, -0.15) is 0 Å². The third kappa shape index (κ3) is 3.77. The van der Waals surface area contributed by atoms with Gasteiger partial charge in [0.1, 0.15) is 0 Å². The number of rotatable bonds is 5. The Bertz CT molecular complexity index is 799. The lowest BCUT2D eigenvalue weighted by Crippen LogP contribution is -2.00. The average Bonchev–Trinajstić information content (AvgIpc) is 3.06. The van der Waals surface area contributed by atoms with Crippen LogP contribution in [0.2, 0.25) is 0 Å². The monoisotopic (exact) mass is 320 g/mol. The summed E-state index contributed by atoms with van der Waals surface area (Å²) < 4.78 is 0.